The molecule has 3 rings (SSSR count). The maximum atomic E-state index is 10.7. The third kappa shape index (κ3) is 3.23. The molecular weight excluding hydrogens is 266 g/mol. The minimum atomic E-state index is -0.625. The van der Waals surface area contributed by atoms with Gasteiger partial charge in [-0.2, -0.15) is 0 Å². The van der Waals surface area contributed by atoms with Gasteiger partial charge >= 0.3 is 0 Å². The van der Waals surface area contributed by atoms with Crippen molar-refractivity contribution in [3.05, 3.63) is 29.8 Å². The first-order valence-corrected chi connectivity index (χ1v) is 8.05. The Hall–Kier alpha value is -1.10. The molecule has 2 saturated heterocycles. The standard InChI is InChI=1S/C17H25NO3/c1-2-10-20-15-8-4-3-7-14(15)17(19)16-11-18-9-5-6-13(18)12-21-16/h3-4,7-8,13,16-17,19H,2,5-6,9-12H2,1H3. The molecule has 21 heavy (non-hydrogen) atoms. The molecule has 3 atom stereocenters. The number of morpholine rings is 1. The van der Waals surface area contributed by atoms with Gasteiger partial charge in [-0.25, -0.2) is 0 Å². The van der Waals surface area contributed by atoms with E-state index in [0.717, 1.165) is 37.4 Å². The highest BCUT2D eigenvalue weighted by Gasteiger charge is 2.36. The van der Waals surface area contributed by atoms with Gasteiger partial charge in [0.25, 0.3) is 0 Å². The van der Waals surface area contributed by atoms with Crippen LogP contribution in [0.25, 0.3) is 0 Å². The van der Waals surface area contributed by atoms with Crippen molar-refractivity contribution in [1.29, 1.82) is 0 Å². The lowest BCUT2D eigenvalue weighted by Gasteiger charge is -2.37. The number of fused-ring (bicyclic) bond motifs is 1. The molecule has 0 aliphatic carbocycles. The topological polar surface area (TPSA) is 41.9 Å². The molecule has 1 aromatic carbocycles. The quantitative estimate of drug-likeness (QED) is 0.904. The summed E-state index contributed by atoms with van der Waals surface area (Å²) in [4.78, 5) is 2.45. The van der Waals surface area contributed by atoms with Gasteiger partial charge in [-0.3, -0.25) is 4.90 Å². The molecular formula is C17H25NO3. The van der Waals surface area contributed by atoms with Gasteiger partial charge in [0.05, 0.1) is 13.2 Å². The van der Waals surface area contributed by atoms with Crippen molar-refractivity contribution in [2.24, 2.45) is 0 Å². The molecule has 0 spiro atoms. The average Bonchev–Trinajstić information content (AvgIpc) is 3.00. The first-order chi connectivity index (χ1) is 10.3. The van der Waals surface area contributed by atoms with E-state index in [4.69, 9.17) is 9.47 Å². The van der Waals surface area contributed by atoms with Gasteiger partial charge in [0.2, 0.25) is 0 Å². The van der Waals surface area contributed by atoms with Gasteiger partial charge in [-0.15, -0.1) is 0 Å². The Morgan fingerprint density at radius 3 is 3.14 bits per heavy atom. The third-order valence-electron chi connectivity index (χ3n) is 4.47. The first-order valence-electron chi connectivity index (χ1n) is 8.05. The zero-order valence-electron chi connectivity index (χ0n) is 12.7. The normalized spacial score (nSPS) is 27.3. The highest BCUT2D eigenvalue weighted by atomic mass is 16.5. The second-order valence-corrected chi connectivity index (χ2v) is 5.99. The molecule has 2 aliphatic rings. The summed E-state index contributed by atoms with van der Waals surface area (Å²) < 4.78 is 11.7. The van der Waals surface area contributed by atoms with Crippen LogP contribution in [0.1, 0.15) is 37.9 Å². The summed E-state index contributed by atoms with van der Waals surface area (Å²) in [5.41, 5.74) is 0.841. The van der Waals surface area contributed by atoms with Crippen LogP contribution in [0.4, 0.5) is 0 Å². The van der Waals surface area contributed by atoms with E-state index in [1.54, 1.807) is 0 Å². The van der Waals surface area contributed by atoms with Gasteiger partial charge in [0.1, 0.15) is 18.0 Å². The second-order valence-electron chi connectivity index (χ2n) is 5.99. The molecule has 3 unspecified atom stereocenters. The number of aliphatic hydroxyl groups is 1. The van der Waals surface area contributed by atoms with Crippen LogP contribution in [0, 0.1) is 0 Å². The molecule has 0 radical (unpaired) electrons. The molecule has 1 N–H and O–H groups in total. The molecule has 0 bridgehead atoms. The van der Waals surface area contributed by atoms with Gasteiger partial charge < -0.3 is 14.6 Å². The monoisotopic (exact) mass is 291 g/mol. The zero-order chi connectivity index (χ0) is 14.7. The van der Waals surface area contributed by atoms with Gasteiger partial charge in [0, 0.05) is 18.2 Å². The summed E-state index contributed by atoms with van der Waals surface area (Å²) in [7, 11) is 0. The summed E-state index contributed by atoms with van der Waals surface area (Å²) in [6.07, 6.45) is 2.64. The number of aliphatic hydroxyl groups excluding tert-OH is 1. The summed E-state index contributed by atoms with van der Waals surface area (Å²) in [5.74, 6) is 0.777. The number of ether oxygens (including phenoxy) is 2. The Morgan fingerprint density at radius 1 is 1.43 bits per heavy atom. The highest BCUT2D eigenvalue weighted by molar-refractivity contribution is 5.35. The van der Waals surface area contributed by atoms with E-state index >= 15 is 0 Å². The van der Waals surface area contributed by atoms with Crippen LogP contribution in [-0.4, -0.2) is 48.5 Å². The lowest BCUT2D eigenvalue weighted by Crippen LogP contribution is -2.48. The predicted molar refractivity (Wildman–Crippen MR) is 81.5 cm³/mol. The van der Waals surface area contributed by atoms with Crippen molar-refractivity contribution in [3.63, 3.8) is 0 Å². The minimum absolute atomic E-state index is 0.161. The number of benzene rings is 1. The molecule has 4 nitrogen and oxygen atoms in total. The first kappa shape index (κ1) is 14.8. The molecule has 0 saturated carbocycles. The van der Waals surface area contributed by atoms with Crippen molar-refractivity contribution in [2.45, 2.75) is 44.4 Å². The van der Waals surface area contributed by atoms with Crippen LogP contribution in [0.3, 0.4) is 0 Å². The summed E-state index contributed by atoms with van der Waals surface area (Å²) >= 11 is 0. The Kier molecular flexibility index (Phi) is 4.78. The van der Waals surface area contributed by atoms with Crippen molar-refractivity contribution in [3.8, 4) is 5.75 Å². The lowest BCUT2D eigenvalue weighted by molar-refractivity contribution is -0.104. The van der Waals surface area contributed by atoms with Crippen molar-refractivity contribution >= 4 is 0 Å². The second kappa shape index (κ2) is 6.77. The van der Waals surface area contributed by atoms with E-state index in [9.17, 15) is 5.11 Å². The molecule has 1 aromatic rings. The Bertz CT molecular complexity index is 465. The molecule has 0 aromatic heterocycles. The van der Waals surface area contributed by atoms with E-state index in [0.29, 0.717) is 12.6 Å². The number of nitrogens with zero attached hydrogens (tertiary/aromatic N) is 1. The maximum absolute atomic E-state index is 10.7. The van der Waals surface area contributed by atoms with Crippen molar-refractivity contribution in [2.75, 3.05) is 26.3 Å². The number of hydrogen-bond acceptors (Lipinski definition) is 4. The molecule has 116 valence electrons. The van der Waals surface area contributed by atoms with E-state index in [1.807, 2.05) is 24.3 Å². The average molecular weight is 291 g/mol. The summed E-state index contributed by atoms with van der Waals surface area (Å²) in [6.45, 7) is 5.43. The van der Waals surface area contributed by atoms with Gasteiger partial charge in [0.15, 0.2) is 0 Å². The minimum Gasteiger partial charge on any atom is -0.493 e. The molecule has 2 aliphatic heterocycles. The highest BCUT2D eigenvalue weighted by Crippen LogP contribution is 2.32. The molecule has 0 amide bonds. The summed E-state index contributed by atoms with van der Waals surface area (Å²) in [5, 5.41) is 10.7. The fourth-order valence-corrected chi connectivity index (χ4v) is 3.30. The zero-order valence-corrected chi connectivity index (χ0v) is 12.7. The lowest BCUT2D eigenvalue weighted by atomic mass is 10.0. The predicted octanol–water partition coefficient (Wildman–Crippen LogP) is 2.37. The Labute approximate surface area is 126 Å². The molecule has 2 fully saturated rings. The number of rotatable bonds is 5. The fourth-order valence-electron chi connectivity index (χ4n) is 3.30. The van der Waals surface area contributed by atoms with Crippen LogP contribution < -0.4 is 4.74 Å². The third-order valence-corrected chi connectivity index (χ3v) is 4.47. The van der Waals surface area contributed by atoms with E-state index in [2.05, 4.69) is 11.8 Å². The Balaban J connectivity index is 1.71. The molecule has 4 heteroatoms. The largest absolute Gasteiger partial charge is 0.493 e. The van der Waals surface area contributed by atoms with Crippen LogP contribution in [-0.2, 0) is 4.74 Å². The van der Waals surface area contributed by atoms with Crippen LogP contribution >= 0.6 is 0 Å². The number of para-hydroxylation sites is 1. The van der Waals surface area contributed by atoms with Crippen LogP contribution in [0.15, 0.2) is 24.3 Å². The SMILES string of the molecule is CCCOc1ccccc1C(O)C1CN2CCCC2CO1. The van der Waals surface area contributed by atoms with Crippen LogP contribution in [0.2, 0.25) is 0 Å². The Morgan fingerprint density at radius 2 is 2.29 bits per heavy atom. The summed E-state index contributed by atoms with van der Waals surface area (Å²) in [6, 6.07) is 8.31. The van der Waals surface area contributed by atoms with Crippen LogP contribution in [0.5, 0.6) is 5.75 Å². The fraction of sp³-hybridized carbons (Fsp3) is 0.647. The maximum Gasteiger partial charge on any atom is 0.125 e. The number of hydrogen-bond donors (Lipinski definition) is 1. The van der Waals surface area contributed by atoms with Crippen molar-refractivity contribution in [1.82, 2.24) is 4.90 Å². The molecule has 2 heterocycles. The smallest absolute Gasteiger partial charge is 0.125 e. The van der Waals surface area contributed by atoms with E-state index in [1.165, 1.54) is 12.8 Å². The van der Waals surface area contributed by atoms with Crippen molar-refractivity contribution < 1.29 is 14.6 Å². The van der Waals surface area contributed by atoms with E-state index < -0.39 is 6.10 Å². The van der Waals surface area contributed by atoms with Gasteiger partial charge in [-0.05, 0) is 31.9 Å². The van der Waals surface area contributed by atoms with E-state index in [-0.39, 0.29) is 6.10 Å². The van der Waals surface area contributed by atoms with Gasteiger partial charge in [-0.1, -0.05) is 25.1 Å².